The summed E-state index contributed by atoms with van der Waals surface area (Å²) in [6.07, 6.45) is 3.39. The van der Waals surface area contributed by atoms with Crippen molar-refractivity contribution in [2.24, 2.45) is 5.73 Å². The fourth-order valence-electron chi connectivity index (χ4n) is 3.72. The minimum atomic E-state index is -1.03. The van der Waals surface area contributed by atoms with Crippen molar-refractivity contribution >= 4 is 50.8 Å². The Balaban J connectivity index is 1.54. The Hall–Kier alpha value is -3.86. The van der Waals surface area contributed by atoms with Gasteiger partial charge in [0.25, 0.3) is 0 Å². The van der Waals surface area contributed by atoms with E-state index < -0.39 is 22.5 Å². The zero-order valence-corrected chi connectivity index (χ0v) is 17.5. The number of rotatable bonds is 6. The van der Waals surface area contributed by atoms with Crippen LogP contribution in [0.2, 0.25) is 0 Å². The number of nitrogens with zero attached hydrogens (tertiary/aromatic N) is 4. The lowest BCUT2D eigenvalue weighted by Crippen LogP contribution is -2.31. The quantitative estimate of drug-likeness (QED) is 0.411. The van der Waals surface area contributed by atoms with Gasteiger partial charge in [-0.1, -0.05) is 12.1 Å². The van der Waals surface area contributed by atoms with Crippen LogP contribution in [0.1, 0.15) is 5.56 Å². The predicted octanol–water partition coefficient (Wildman–Crippen LogP) is 2.52. The molecule has 1 aliphatic rings. The second-order valence-corrected chi connectivity index (χ2v) is 8.81. The molecule has 1 aliphatic heterocycles. The molecule has 0 saturated heterocycles. The smallest absolute Gasteiger partial charge is 0.237 e. The van der Waals surface area contributed by atoms with E-state index in [-0.39, 0.29) is 18.3 Å². The third kappa shape index (κ3) is 3.66. The van der Waals surface area contributed by atoms with E-state index in [0.717, 1.165) is 28.6 Å². The molecule has 162 valence electrons. The third-order valence-corrected chi connectivity index (χ3v) is 6.62. The Labute approximate surface area is 184 Å². The number of aromatic amines is 1. The van der Waals surface area contributed by atoms with Gasteiger partial charge in [-0.25, -0.2) is 9.37 Å². The summed E-state index contributed by atoms with van der Waals surface area (Å²) in [5, 5.41) is 10.6. The summed E-state index contributed by atoms with van der Waals surface area (Å²) in [5.41, 5.74) is 8.37. The van der Waals surface area contributed by atoms with Crippen molar-refractivity contribution in [3.05, 3.63) is 60.2 Å². The summed E-state index contributed by atoms with van der Waals surface area (Å²) in [6.45, 7) is -0.296. The fraction of sp³-hybridized carbons (Fsp3) is 0.143. The van der Waals surface area contributed by atoms with E-state index in [1.54, 1.807) is 24.4 Å². The number of carbonyl (C=O) groups excluding carboxylic acids is 1. The van der Waals surface area contributed by atoms with Crippen LogP contribution in [0.3, 0.4) is 0 Å². The Bertz CT molecular complexity index is 1370. The molecule has 32 heavy (non-hydrogen) atoms. The van der Waals surface area contributed by atoms with Gasteiger partial charge in [-0.15, -0.1) is 0 Å². The van der Waals surface area contributed by atoms with Crippen LogP contribution < -0.4 is 16.0 Å². The highest BCUT2D eigenvalue weighted by Gasteiger charge is 2.22. The minimum absolute atomic E-state index is 0.111. The van der Waals surface area contributed by atoms with E-state index in [0.29, 0.717) is 22.5 Å². The van der Waals surface area contributed by atoms with Crippen LogP contribution in [0.4, 0.5) is 27.5 Å². The van der Waals surface area contributed by atoms with Crippen molar-refractivity contribution in [1.82, 2.24) is 20.2 Å². The second-order valence-electron chi connectivity index (χ2n) is 7.27. The van der Waals surface area contributed by atoms with E-state index in [1.807, 2.05) is 18.2 Å². The molecule has 2 aromatic heterocycles. The number of carbonyl (C=O) groups is 1. The average molecular weight is 451 g/mol. The maximum atomic E-state index is 14.8. The van der Waals surface area contributed by atoms with Crippen LogP contribution >= 0.6 is 0 Å². The number of aryl methyl sites for hydroxylation is 1. The van der Waals surface area contributed by atoms with Crippen molar-refractivity contribution in [1.29, 1.82) is 0 Å². The largest absolute Gasteiger partial charge is 0.368 e. The molecule has 3 heterocycles. The van der Waals surface area contributed by atoms with Crippen LogP contribution in [-0.2, 0) is 22.0 Å². The molecule has 0 radical (unpaired) electrons. The van der Waals surface area contributed by atoms with E-state index in [2.05, 4.69) is 25.5 Å². The van der Waals surface area contributed by atoms with Gasteiger partial charge in [0.2, 0.25) is 11.9 Å². The van der Waals surface area contributed by atoms with Gasteiger partial charge in [0.05, 0.1) is 34.4 Å². The highest BCUT2D eigenvalue weighted by Crippen LogP contribution is 2.33. The summed E-state index contributed by atoms with van der Waals surface area (Å²) >= 11 is 0. The van der Waals surface area contributed by atoms with Crippen molar-refractivity contribution in [2.75, 3.05) is 22.5 Å². The number of nitrogens with one attached hydrogen (secondary N) is 2. The van der Waals surface area contributed by atoms with Gasteiger partial charge >= 0.3 is 0 Å². The van der Waals surface area contributed by atoms with Crippen LogP contribution in [0, 0.1) is 5.82 Å². The maximum Gasteiger partial charge on any atom is 0.237 e. The molecule has 9 nitrogen and oxygen atoms in total. The first kappa shape index (κ1) is 20.1. The lowest BCUT2D eigenvalue weighted by molar-refractivity contribution is -0.116. The number of benzene rings is 2. The number of amides is 1. The Morgan fingerprint density at radius 2 is 2.16 bits per heavy atom. The summed E-state index contributed by atoms with van der Waals surface area (Å²) in [4.78, 5) is 22.3. The lowest BCUT2D eigenvalue weighted by Gasteiger charge is -2.23. The molecule has 4 aromatic rings. The number of primary amides is 1. The number of aromatic nitrogens is 4. The van der Waals surface area contributed by atoms with Crippen molar-refractivity contribution in [3.8, 4) is 0 Å². The molecule has 1 atom stereocenters. The van der Waals surface area contributed by atoms with Gasteiger partial charge in [-0.2, -0.15) is 10.1 Å². The number of hydrogen-bond acceptors (Lipinski definition) is 7. The highest BCUT2D eigenvalue weighted by atomic mass is 32.2. The van der Waals surface area contributed by atoms with Crippen LogP contribution in [-0.4, -0.2) is 42.6 Å². The number of H-pyrrole nitrogens is 1. The van der Waals surface area contributed by atoms with Gasteiger partial charge < -0.3 is 16.0 Å². The van der Waals surface area contributed by atoms with E-state index in [4.69, 9.17) is 5.73 Å². The summed E-state index contributed by atoms with van der Waals surface area (Å²) in [7, 11) is -1.03. The molecule has 1 amide bonds. The second kappa shape index (κ2) is 8.00. The Morgan fingerprint density at radius 3 is 3.00 bits per heavy atom. The first-order chi connectivity index (χ1) is 15.5. The molecular formula is C21H18FN7O2S. The first-order valence-electron chi connectivity index (χ1n) is 9.78. The normalized spacial score (nSPS) is 15.0. The highest BCUT2D eigenvalue weighted by molar-refractivity contribution is 7.85. The van der Waals surface area contributed by atoms with Gasteiger partial charge in [0.15, 0.2) is 11.6 Å². The predicted molar refractivity (Wildman–Crippen MR) is 119 cm³/mol. The fourth-order valence-corrected chi connectivity index (χ4v) is 5.06. The molecule has 0 fully saturated rings. The molecule has 4 N–H and O–H groups in total. The molecule has 0 saturated carbocycles. The van der Waals surface area contributed by atoms with Gasteiger partial charge in [0.1, 0.15) is 6.54 Å². The van der Waals surface area contributed by atoms with Gasteiger partial charge in [-0.3, -0.25) is 14.1 Å². The molecule has 5 rings (SSSR count). The number of nitrogens with two attached hydrogens (primary N) is 1. The van der Waals surface area contributed by atoms with Crippen LogP contribution in [0.25, 0.3) is 10.9 Å². The Kier molecular flexibility index (Phi) is 5.02. The zero-order valence-electron chi connectivity index (χ0n) is 16.7. The number of fused-ring (bicyclic) bond motifs is 2. The van der Waals surface area contributed by atoms with Crippen LogP contribution in [0.5, 0.6) is 0 Å². The SMILES string of the molecule is NC(=O)CN(c1nc(Nc2ccc3c(c2)S(=O)CC3)ncc1F)c1cccc2[nH]ncc12. The number of hydrogen-bond donors (Lipinski definition) is 3. The van der Waals surface area contributed by atoms with E-state index in [9.17, 15) is 13.4 Å². The first-order valence-corrected chi connectivity index (χ1v) is 11.1. The summed E-state index contributed by atoms with van der Waals surface area (Å²) < 4.78 is 27.0. The van der Waals surface area contributed by atoms with Crippen LogP contribution in [0.15, 0.2) is 53.7 Å². The van der Waals surface area contributed by atoms with Crippen molar-refractivity contribution in [2.45, 2.75) is 11.3 Å². The van der Waals surface area contributed by atoms with E-state index >= 15 is 0 Å². The molecular weight excluding hydrogens is 433 g/mol. The molecule has 11 heteroatoms. The van der Waals surface area contributed by atoms with Crippen molar-refractivity contribution in [3.63, 3.8) is 0 Å². The minimum Gasteiger partial charge on any atom is -0.368 e. The lowest BCUT2D eigenvalue weighted by atomic mass is 10.1. The zero-order chi connectivity index (χ0) is 22.2. The summed E-state index contributed by atoms with van der Waals surface area (Å²) in [6, 6.07) is 10.8. The molecule has 0 spiro atoms. The summed E-state index contributed by atoms with van der Waals surface area (Å²) in [5.74, 6) is -0.748. The Morgan fingerprint density at radius 1 is 1.28 bits per heavy atom. The molecule has 0 aliphatic carbocycles. The molecule has 0 bridgehead atoms. The number of halogens is 1. The average Bonchev–Trinajstić information content (AvgIpc) is 3.40. The third-order valence-electron chi connectivity index (χ3n) is 5.17. The van der Waals surface area contributed by atoms with E-state index in [1.165, 1.54) is 4.90 Å². The van der Waals surface area contributed by atoms with Gasteiger partial charge in [0, 0.05) is 21.7 Å². The van der Waals surface area contributed by atoms with Gasteiger partial charge in [-0.05, 0) is 36.2 Å². The topological polar surface area (TPSA) is 130 Å². The van der Waals surface area contributed by atoms with Crippen molar-refractivity contribution < 1.29 is 13.4 Å². The monoisotopic (exact) mass is 451 g/mol. The standard InChI is InChI=1S/C21H18FN7O2S/c22-15-10-24-21(26-13-5-4-12-6-7-32(31)18(12)8-13)27-20(15)29(11-19(23)30)17-3-1-2-16-14(17)9-25-28-16/h1-5,8-10H,6-7,11H2,(H2,23,30)(H,25,28)(H,24,26,27). The molecule has 2 aromatic carbocycles. The maximum absolute atomic E-state index is 14.8. The molecule has 1 unspecified atom stereocenters. The number of anilines is 4.